The van der Waals surface area contributed by atoms with Gasteiger partial charge in [0.25, 0.3) is 11.8 Å². The molecule has 0 radical (unpaired) electrons. The number of imide groups is 2. The van der Waals surface area contributed by atoms with Crippen LogP contribution in [0, 0.1) is 0 Å². The Balaban J connectivity index is 1.65. The van der Waals surface area contributed by atoms with Crippen molar-refractivity contribution < 1.29 is 14.4 Å². The van der Waals surface area contributed by atoms with Crippen molar-refractivity contribution in [2.45, 2.75) is 32.7 Å². The molecule has 0 saturated carbocycles. The van der Waals surface area contributed by atoms with E-state index in [1.807, 2.05) is 16.7 Å². The van der Waals surface area contributed by atoms with Crippen LogP contribution in [0.3, 0.4) is 0 Å². The monoisotopic (exact) mass is 495 g/mol. The Morgan fingerprint density at radius 2 is 1.65 bits per heavy atom. The van der Waals surface area contributed by atoms with Gasteiger partial charge in [-0.25, -0.2) is 9.69 Å². The Morgan fingerprint density at radius 1 is 0.971 bits per heavy atom. The van der Waals surface area contributed by atoms with E-state index in [9.17, 15) is 14.4 Å². The van der Waals surface area contributed by atoms with Crippen LogP contribution in [-0.2, 0) is 16.1 Å². The van der Waals surface area contributed by atoms with Crippen molar-refractivity contribution in [3.63, 3.8) is 0 Å². The molecule has 6 nitrogen and oxygen atoms in total. The molecule has 3 aromatic rings. The maximum absolute atomic E-state index is 13.3. The summed E-state index contributed by atoms with van der Waals surface area (Å²) in [6.07, 6.45) is 4.24. The molecular formula is C26H23Cl2N3O3. The first kappa shape index (κ1) is 23.8. The van der Waals surface area contributed by atoms with E-state index in [0.717, 1.165) is 22.4 Å². The van der Waals surface area contributed by atoms with Gasteiger partial charge in [0.2, 0.25) is 0 Å². The Labute approximate surface area is 207 Å². The third kappa shape index (κ3) is 4.65. The largest absolute Gasteiger partial charge is 0.343 e. The molecular weight excluding hydrogens is 473 g/mol. The highest BCUT2D eigenvalue weighted by Gasteiger charge is 2.37. The van der Waals surface area contributed by atoms with E-state index >= 15 is 0 Å². The van der Waals surface area contributed by atoms with Crippen molar-refractivity contribution in [3.8, 4) is 0 Å². The normalized spacial score (nSPS) is 16.2. The van der Waals surface area contributed by atoms with Crippen LogP contribution in [0.1, 0.15) is 43.0 Å². The van der Waals surface area contributed by atoms with E-state index in [0.29, 0.717) is 33.9 Å². The quantitative estimate of drug-likeness (QED) is 0.335. The van der Waals surface area contributed by atoms with Gasteiger partial charge in [-0.05, 0) is 60.4 Å². The molecule has 1 fully saturated rings. The topological polar surface area (TPSA) is 71.4 Å². The van der Waals surface area contributed by atoms with Crippen molar-refractivity contribution in [2.75, 3.05) is 4.90 Å². The number of nitrogens with one attached hydrogen (secondary N) is 1. The first-order valence-electron chi connectivity index (χ1n) is 10.9. The fourth-order valence-electron chi connectivity index (χ4n) is 3.78. The number of aromatic nitrogens is 1. The standard InChI is InChI=1S/C26H23Cl2N3O3/c1-3-16(2)17-9-11-18(12-10-17)31-25(33)20(24(32)29-26(31)34)14-19-6-5-13-30(19)15-21-22(27)7-4-8-23(21)28/h4-14,16H,3,15H2,1-2H3,(H,29,32,34)/b20-14+/t16-/m0/s1. The highest BCUT2D eigenvalue weighted by Crippen LogP contribution is 2.28. The smallest absolute Gasteiger partial charge is 0.335 e. The van der Waals surface area contributed by atoms with E-state index in [1.54, 1.807) is 48.7 Å². The number of hydrogen-bond acceptors (Lipinski definition) is 3. The summed E-state index contributed by atoms with van der Waals surface area (Å²) in [5, 5.41) is 3.30. The van der Waals surface area contributed by atoms with Crippen LogP contribution in [-0.4, -0.2) is 22.4 Å². The predicted molar refractivity (Wildman–Crippen MR) is 134 cm³/mol. The molecule has 174 valence electrons. The first-order valence-corrected chi connectivity index (χ1v) is 11.6. The van der Waals surface area contributed by atoms with Crippen molar-refractivity contribution >= 4 is 52.8 Å². The summed E-state index contributed by atoms with van der Waals surface area (Å²) in [5.41, 5.74) is 2.68. The van der Waals surface area contributed by atoms with Gasteiger partial charge in [-0.1, -0.05) is 55.2 Å². The van der Waals surface area contributed by atoms with Crippen LogP contribution >= 0.6 is 23.2 Å². The lowest BCUT2D eigenvalue weighted by Crippen LogP contribution is -2.54. The summed E-state index contributed by atoms with van der Waals surface area (Å²) in [6, 6.07) is 15.3. The summed E-state index contributed by atoms with van der Waals surface area (Å²) < 4.78 is 1.82. The van der Waals surface area contributed by atoms with E-state index in [1.165, 1.54) is 6.08 Å². The maximum Gasteiger partial charge on any atom is 0.335 e. The number of nitrogens with zero attached hydrogens (tertiary/aromatic N) is 2. The zero-order valence-corrected chi connectivity index (χ0v) is 20.2. The van der Waals surface area contributed by atoms with E-state index in [2.05, 4.69) is 19.2 Å². The number of carbonyl (C=O) groups is 3. The van der Waals surface area contributed by atoms with E-state index < -0.39 is 17.8 Å². The molecule has 4 rings (SSSR count). The molecule has 0 bridgehead atoms. The van der Waals surface area contributed by atoms with Gasteiger partial charge in [0.1, 0.15) is 5.57 Å². The van der Waals surface area contributed by atoms with Crippen molar-refractivity contribution in [1.29, 1.82) is 0 Å². The van der Waals surface area contributed by atoms with Gasteiger partial charge < -0.3 is 4.57 Å². The average Bonchev–Trinajstić information content (AvgIpc) is 3.25. The molecule has 0 spiro atoms. The van der Waals surface area contributed by atoms with E-state index in [4.69, 9.17) is 23.2 Å². The van der Waals surface area contributed by atoms with Gasteiger partial charge in [0.15, 0.2) is 0 Å². The van der Waals surface area contributed by atoms with Gasteiger partial charge in [0, 0.05) is 27.5 Å². The molecule has 34 heavy (non-hydrogen) atoms. The summed E-state index contributed by atoms with van der Waals surface area (Å²) in [4.78, 5) is 39.3. The molecule has 1 atom stereocenters. The van der Waals surface area contributed by atoms with Gasteiger partial charge in [-0.2, -0.15) is 0 Å². The van der Waals surface area contributed by atoms with Gasteiger partial charge in [-0.3, -0.25) is 14.9 Å². The Bertz CT molecular complexity index is 1270. The third-order valence-corrected chi connectivity index (χ3v) is 6.69. The first-order chi connectivity index (χ1) is 16.3. The number of barbiturate groups is 1. The highest BCUT2D eigenvalue weighted by atomic mass is 35.5. The molecule has 1 aromatic heterocycles. The summed E-state index contributed by atoms with van der Waals surface area (Å²) >= 11 is 12.6. The van der Waals surface area contributed by atoms with Gasteiger partial charge in [-0.15, -0.1) is 0 Å². The number of benzene rings is 2. The number of urea groups is 1. The number of carbonyl (C=O) groups excluding carboxylic acids is 3. The second-order valence-electron chi connectivity index (χ2n) is 8.12. The molecule has 0 unspecified atom stereocenters. The molecule has 1 aliphatic rings. The molecule has 4 amide bonds. The molecule has 0 aliphatic carbocycles. The Kier molecular flexibility index (Phi) is 6.91. The molecule has 1 aliphatic heterocycles. The zero-order valence-electron chi connectivity index (χ0n) is 18.7. The summed E-state index contributed by atoms with van der Waals surface area (Å²) in [7, 11) is 0. The van der Waals surface area contributed by atoms with Crippen LogP contribution in [0.15, 0.2) is 66.4 Å². The average molecular weight is 496 g/mol. The SMILES string of the molecule is CC[C@H](C)c1ccc(N2C(=O)NC(=O)/C(=C\c3cccn3Cc3c(Cl)cccc3Cl)C2=O)cc1. The molecule has 2 aromatic carbocycles. The fraction of sp³-hybridized carbons (Fsp3) is 0.192. The minimum Gasteiger partial charge on any atom is -0.343 e. The number of hydrogen-bond donors (Lipinski definition) is 1. The Hall–Kier alpha value is -3.35. The third-order valence-electron chi connectivity index (χ3n) is 5.98. The van der Waals surface area contributed by atoms with Crippen molar-refractivity contribution in [2.24, 2.45) is 0 Å². The lowest BCUT2D eigenvalue weighted by Gasteiger charge is -2.26. The van der Waals surface area contributed by atoms with Gasteiger partial charge >= 0.3 is 6.03 Å². The molecule has 2 heterocycles. The number of halogens is 2. The van der Waals surface area contributed by atoms with Crippen LogP contribution in [0.25, 0.3) is 6.08 Å². The fourth-order valence-corrected chi connectivity index (χ4v) is 4.30. The summed E-state index contributed by atoms with van der Waals surface area (Å²) in [5.74, 6) is -1.07. The lowest BCUT2D eigenvalue weighted by atomic mass is 9.98. The minimum atomic E-state index is -0.776. The van der Waals surface area contributed by atoms with Crippen LogP contribution in [0.4, 0.5) is 10.5 Å². The Morgan fingerprint density at radius 3 is 2.29 bits per heavy atom. The number of anilines is 1. The van der Waals surface area contributed by atoms with Crippen molar-refractivity contribution in [1.82, 2.24) is 9.88 Å². The molecule has 1 saturated heterocycles. The maximum atomic E-state index is 13.3. The number of amides is 4. The van der Waals surface area contributed by atoms with Gasteiger partial charge in [0.05, 0.1) is 12.2 Å². The second-order valence-corrected chi connectivity index (χ2v) is 8.93. The summed E-state index contributed by atoms with van der Waals surface area (Å²) in [6.45, 7) is 4.55. The molecule has 1 N–H and O–H groups in total. The zero-order chi connectivity index (χ0) is 24.4. The lowest BCUT2D eigenvalue weighted by molar-refractivity contribution is -0.122. The minimum absolute atomic E-state index is 0.143. The van der Waals surface area contributed by atoms with Crippen LogP contribution in [0.5, 0.6) is 0 Å². The van der Waals surface area contributed by atoms with Crippen LogP contribution in [0.2, 0.25) is 10.0 Å². The van der Waals surface area contributed by atoms with E-state index in [-0.39, 0.29) is 5.57 Å². The second kappa shape index (κ2) is 9.87. The highest BCUT2D eigenvalue weighted by molar-refractivity contribution is 6.39. The molecule has 8 heteroatoms. The van der Waals surface area contributed by atoms with Crippen molar-refractivity contribution in [3.05, 3.63) is 93.2 Å². The number of rotatable bonds is 6. The van der Waals surface area contributed by atoms with Crippen LogP contribution < -0.4 is 10.2 Å². The predicted octanol–water partition coefficient (Wildman–Crippen LogP) is 6.02.